The normalized spacial score (nSPS) is 20.4. The van der Waals surface area contributed by atoms with Crippen LogP contribution in [0.4, 0.5) is 0 Å². The van der Waals surface area contributed by atoms with Gasteiger partial charge in [0.05, 0.1) is 0 Å². The molecule has 0 aromatic carbocycles. The fourth-order valence-corrected chi connectivity index (χ4v) is 1.86. The highest BCUT2D eigenvalue weighted by molar-refractivity contribution is 5.07. The minimum Gasteiger partial charge on any atom is -0.313 e. The van der Waals surface area contributed by atoms with Crippen molar-refractivity contribution in [3.05, 3.63) is 12.7 Å². The number of hydrogen-bond acceptors (Lipinski definition) is 1. The van der Waals surface area contributed by atoms with Gasteiger partial charge >= 0.3 is 0 Å². The van der Waals surface area contributed by atoms with E-state index in [4.69, 9.17) is 0 Å². The van der Waals surface area contributed by atoms with Crippen LogP contribution in [0, 0.1) is 5.41 Å². The summed E-state index contributed by atoms with van der Waals surface area (Å²) in [6.07, 6.45) is 10.1. The van der Waals surface area contributed by atoms with E-state index >= 15 is 0 Å². The summed E-state index contributed by atoms with van der Waals surface area (Å²) in [4.78, 5) is 0. The summed E-state index contributed by atoms with van der Waals surface area (Å²) in [5, 5.41) is 3.69. The van der Waals surface area contributed by atoms with E-state index in [0.29, 0.717) is 5.41 Å². The molecule has 0 spiro atoms. The Morgan fingerprint density at radius 3 is 2.57 bits per heavy atom. The van der Waals surface area contributed by atoms with Crippen LogP contribution < -0.4 is 5.32 Å². The zero-order chi connectivity index (χ0) is 10.4. The smallest absolute Gasteiger partial charge is 0.00647 e. The molecule has 0 radical (unpaired) electrons. The van der Waals surface area contributed by atoms with E-state index in [0.717, 1.165) is 12.6 Å². The summed E-state index contributed by atoms with van der Waals surface area (Å²) < 4.78 is 0. The first-order valence-electron chi connectivity index (χ1n) is 6.13. The van der Waals surface area contributed by atoms with Gasteiger partial charge in [-0.15, -0.1) is 6.58 Å². The Kier molecular flexibility index (Phi) is 4.67. The molecule has 1 heteroatoms. The molecule has 0 bridgehead atoms. The van der Waals surface area contributed by atoms with Crippen LogP contribution in [0.15, 0.2) is 12.7 Å². The van der Waals surface area contributed by atoms with Crippen LogP contribution in [0.2, 0.25) is 0 Å². The molecule has 0 amide bonds. The molecule has 14 heavy (non-hydrogen) atoms. The van der Waals surface area contributed by atoms with Crippen molar-refractivity contribution in [2.75, 3.05) is 6.54 Å². The average molecular weight is 195 g/mol. The van der Waals surface area contributed by atoms with Gasteiger partial charge in [0.2, 0.25) is 0 Å². The molecule has 82 valence electrons. The molecule has 1 atom stereocenters. The lowest BCUT2D eigenvalue weighted by atomic mass is 10.0. The minimum absolute atomic E-state index is 0.472. The monoisotopic (exact) mass is 195 g/mol. The quantitative estimate of drug-likeness (QED) is 0.584. The van der Waals surface area contributed by atoms with Crippen molar-refractivity contribution in [1.29, 1.82) is 0 Å². The summed E-state index contributed by atoms with van der Waals surface area (Å²) >= 11 is 0. The Hall–Kier alpha value is -0.300. The van der Waals surface area contributed by atoms with Crippen molar-refractivity contribution in [2.24, 2.45) is 5.41 Å². The molecule has 0 aromatic heterocycles. The van der Waals surface area contributed by atoms with Gasteiger partial charge in [-0.25, -0.2) is 0 Å². The van der Waals surface area contributed by atoms with Gasteiger partial charge in [-0.2, -0.15) is 0 Å². The van der Waals surface area contributed by atoms with E-state index in [1.807, 2.05) is 0 Å². The topological polar surface area (TPSA) is 12.0 Å². The molecule has 1 rings (SSSR count). The number of hydrogen-bond donors (Lipinski definition) is 1. The number of unbranched alkanes of at least 4 members (excludes halogenated alkanes) is 1. The molecule has 1 fully saturated rings. The highest BCUT2D eigenvalue weighted by Gasteiger charge is 2.39. The standard InChI is InChI=1S/C13H25N/c1-4-7-8-12(5-2)14-11-13(6-3)9-10-13/h6,12,14H,3-5,7-11H2,1-2H3. The predicted octanol–water partition coefficient (Wildman–Crippen LogP) is 3.51. The second-order valence-corrected chi connectivity index (χ2v) is 4.69. The largest absolute Gasteiger partial charge is 0.313 e. The van der Waals surface area contributed by atoms with Crippen LogP contribution in [0.3, 0.4) is 0 Å². The Labute approximate surface area is 89.0 Å². The van der Waals surface area contributed by atoms with Gasteiger partial charge in [0.1, 0.15) is 0 Å². The van der Waals surface area contributed by atoms with E-state index in [1.165, 1.54) is 38.5 Å². The molecular formula is C13H25N. The molecule has 0 saturated heterocycles. The van der Waals surface area contributed by atoms with Crippen LogP contribution in [0.25, 0.3) is 0 Å². The number of rotatable bonds is 8. The lowest BCUT2D eigenvalue weighted by Gasteiger charge is -2.19. The zero-order valence-corrected chi connectivity index (χ0v) is 9.81. The minimum atomic E-state index is 0.472. The lowest BCUT2D eigenvalue weighted by molar-refractivity contribution is 0.418. The maximum Gasteiger partial charge on any atom is 0.00647 e. The third-order valence-electron chi connectivity index (χ3n) is 3.47. The van der Waals surface area contributed by atoms with Gasteiger partial charge in [0.15, 0.2) is 0 Å². The Bertz CT molecular complexity index is 170. The third kappa shape index (κ3) is 3.45. The molecule has 0 aromatic rings. The molecule has 1 aliphatic carbocycles. The van der Waals surface area contributed by atoms with Crippen LogP contribution in [0.1, 0.15) is 52.4 Å². The van der Waals surface area contributed by atoms with E-state index < -0.39 is 0 Å². The van der Waals surface area contributed by atoms with Crippen molar-refractivity contribution in [3.8, 4) is 0 Å². The Morgan fingerprint density at radius 1 is 1.43 bits per heavy atom. The van der Waals surface area contributed by atoms with Crippen molar-refractivity contribution in [1.82, 2.24) is 5.32 Å². The van der Waals surface area contributed by atoms with Gasteiger partial charge < -0.3 is 5.32 Å². The highest BCUT2D eigenvalue weighted by Crippen LogP contribution is 2.46. The van der Waals surface area contributed by atoms with Gasteiger partial charge in [-0.1, -0.05) is 32.8 Å². The lowest BCUT2D eigenvalue weighted by Crippen LogP contribution is -2.33. The maximum absolute atomic E-state index is 3.92. The van der Waals surface area contributed by atoms with E-state index in [-0.39, 0.29) is 0 Å². The predicted molar refractivity (Wildman–Crippen MR) is 63.5 cm³/mol. The van der Waals surface area contributed by atoms with Crippen molar-refractivity contribution < 1.29 is 0 Å². The highest BCUT2D eigenvalue weighted by atomic mass is 14.9. The first-order valence-corrected chi connectivity index (χ1v) is 6.13. The summed E-state index contributed by atoms with van der Waals surface area (Å²) in [7, 11) is 0. The summed E-state index contributed by atoms with van der Waals surface area (Å²) in [6, 6.07) is 0.729. The van der Waals surface area contributed by atoms with E-state index in [1.54, 1.807) is 0 Å². The Balaban J connectivity index is 2.16. The molecule has 0 aliphatic heterocycles. The second kappa shape index (κ2) is 5.55. The third-order valence-corrected chi connectivity index (χ3v) is 3.47. The Morgan fingerprint density at radius 2 is 2.14 bits per heavy atom. The van der Waals surface area contributed by atoms with Crippen LogP contribution in [-0.2, 0) is 0 Å². The number of nitrogens with one attached hydrogen (secondary N) is 1. The first-order chi connectivity index (χ1) is 6.76. The van der Waals surface area contributed by atoms with Crippen LogP contribution in [0.5, 0.6) is 0 Å². The second-order valence-electron chi connectivity index (χ2n) is 4.69. The average Bonchev–Trinajstić information content (AvgIpc) is 2.99. The van der Waals surface area contributed by atoms with Gasteiger partial charge in [-0.3, -0.25) is 0 Å². The molecule has 1 saturated carbocycles. The van der Waals surface area contributed by atoms with Crippen molar-refractivity contribution in [3.63, 3.8) is 0 Å². The van der Waals surface area contributed by atoms with Gasteiger partial charge in [-0.05, 0) is 25.7 Å². The van der Waals surface area contributed by atoms with E-state index in [2.05, 4.69) is 31.8 Å². The SMILES string of the molecule is C=CC1(CNC(CC)CCCC)CC1. The fraction of sp³-hybridized carbons (Fsp3) is 0.846. The van der Waals surface area contributed by atoms with Crippen LogP contribution in [-0.4, -0.2) is 12.6 Å². The molecule has 1 aliphatic rings. The van der Waals surface area contributed by atoms with Gasteiger partial charge in [0.25, 0.3) is 0 Å². The molecule has 1 N–H and O–H groups in total. The van der Waals surface area contributed by atoms with Crippen molar-refractivity contribution in [2.45, 2.75) is 58.4 Å². The molecule has 1 nitrogen and oxygen atoms in total. The zero-order valence-electron chi connectivity index (χ0n) is 9.81. The van der Waals surface area contributed by atoms with Crippen LogP contribution >= 0.6 is 0 Å². The van der Waals surface area contributed by atoms with E-state index in [9.17, 15) is 0 Å². The molecule has 1 unspecified atom stereocenters. The summed E-state index contributed by atoms with van der Waals surface area (Å²) in [5.41, 5.74) is 0.472. The van der Waals surface area contributed by atoms with Crippen molar-refractivity contribution >= 4 is 0 Å². The summed E-state index contributed by atoms with van der Waals surface area (Å²) in [6.45, 7) is 9.61. The summed E-state index contributed by atoms with van der Waals surface area (Å²) in [5.74, 6) is 0. The fourth-order valence-electron chi connectivity index (χ4n) is 1.86. The first kappa shape index (κ1) is 11.8. The molecule has 0 heterocycles. The van der Waals surface area contributed by atoms with Gasteiger partial charge in [0, 0.05) is 18.0 Å². The molecular weight excluding hydrogens is 170 g/mol. The maximum atomic E-state index is 3.92.